The summed E-state index contributed by atoms with van der Waals surface area (Å²) in [5, 5.41) is 0. The van der Waals surface area contributed by atoms with Crippen LogP contribution in [-0.4, -0.2) is 24.1 Å². The Labute approximate surface area is 120 Å². The third kappa shape index (κ3) is 1.92. The van der Waals surface area contributed by atoms with Crippen molar-refractivity contribution < 1.29 is 0 Å². The van der Waals surface area contributed by atoms with Crippen molar-refractivity contribution in [3.8, 4) is 0 Å². The molecule has 0 radical (unpaired) electrons. The molecule has 20 heavy (non-hydrogen) atoms. The first-order chi connectivity index (χ1) is 9.59. The van der Waals surface area contributed by atoms with E-state index in [9.17, 15) is 0 Å². The Balaban J connectivity index is 2.03. The van der Waals surface area contributed by atoms with Gasteiger partial charge >= 0.3 is 0 Å². The molecule has 4 heteroatoms. The first kappa shape index (κ1) is 12.9. The quantitative estimate of drug-likeness (QED) is 0.837. The van der Waals surface area contributed by atoms with E-state index in [1.807, 2.05) is 12.3 Å². The molecule has 0 spiro atoms. The van der Waals surface area contributed by atoms with Crippen LogP contribution in [0.5, 0.6) is 0 Å². The highest BCUT2D eigenvalue weighted by molar-refractivity contribution is 5.70. The van der Waals surface area contributed by atoms with Crippen LogP contribution in [0.25, 0.3) is 0 Å². The molecule has 0 fully saturated rings. The maximum absolute atomic E-state index is 4.78. The number of nitrogens with zero attached hydrogens (tertiary/aromatic N) is 4. The predicted octanol–water partition coefficient (Wildman–Crippen LogP) is 3.18. The van der Waals surface area contributed by atoms with Crippen molar-refractivity contribution in [3.05, 3.63) is 47.8 Å². The van der Waals surface area contributed by atoms with Crippen LogP contribution < -0.4 is 9.80 Å². The Kier molecular flexibility index (Phi) is 3.08. The van der Waals surface area contributed by atoms with E-state index in [2.05, 4.69) is 67.0 Å². The van der Waals surface area contributed by atoms with Crippen molar-refractivity contribution >= 4 is 11.6 Å². The molecule has 104 valence electrons. The van der Waals surface area contributed by atoms with Crippen molar-refractivity contribution in [3.63, 3.8) is 0 Å². The fourth-order valence-corrected chi connectivity index (χ4v) is 2.71. The Hall–Kier alpha value is -2.10. The van der Waals surface area contributed by atoms with Gasteiger partial charge in [0.1, 0.15) is 6.17 Å². The molecule has 1 aliphatic heterocycles. The number of aromatic nitrogens is 2. The van der Waals surface area contributed by atoms with E-state index in [4.69, 9.17) is 4.98 Å². The smallest absolute Gasteiger partial charge is 0.173 e. The van der Waals surface area contributed by atoms with Gasteiger partial charge in [0.25, 0.3) is 0 Å². The van der Waals surface area contributed by atoms with Crippen LogP contribution in [-0.2, 0) is 0 Å². The van der Waals surface area contributed by atoms with Gasteiger partial charge in [-0.25, -0.2) is 9.97 Å². The number of fused-ring (bicyclic) bond motifs is 1. The number of anilines is 2. The van der Waals surface area contributed by atoms with Crippen molar-refractivity contribution in [2.75, 3.05) is 23.9 Å². The minimum atomic E-state index is 0.161. The zero-order valence-electron chi connectivity index (χ0n) is 12.4. The normalized spacial score (nSPS) is 17.8. The average molecular weight is 268 g/mol. The van der Waals surface area contributed by atoms with Crippen molar-refractivity contribution in [1.82, 2.24) is 9.97 Å². The summed E-state index contributed by atoms with van der Waals surface area (Å²) in [6.07, 6.45) is 2.05. The zero-order valence-corrected chi connectivity index (χ0v) is 12.4. The van der Waals surface area contributed by atoms with E-state index in [1.165, 1.54) is 5.56 Å². The van der Waals surface area contributed by atoms with Gasteiger partial charge in [-0.15, -0.1) is 0 Å². The summed E-state index contributed by atoms with van der Waals surface area (Å²) in [4.78, 5) is 13.8. The molecule has 1 aliphatic rings. The molecule has 0 saturated carbocycles. The minimum Gasteiger partial charge on any atom is -0.332 e. The lowest BCUT2D eigenvalue weighted by molar-refractivity contribution is 0.687. The van der Waals surface area contributed by atoms with Crippen LogP contribution in [0, 0.1) is 0 Å². The van der Waals surface area contributed by atoms with Crippen LogP contribution in [0.4, 0.5) is 11.6 Å². The van der Waals surface area contributed by atoms with E-state index >= 15 is 0 Å². The number of hydrogen-bond acceptors (Lipinski definition) is 4. The van der Waals surface area contributed by atoms with Crippen LogP contribution in [0.15, 0.2) is 36.5 Å². The van der Waals surface area contributed by atoms with E-state index < -0.39 is 0 Å². The molecule has 1 atom stereocenters. The SMILES string of the molecule is CC(C)c1cnc2c(n1)N(C)C(c1ccccc1)N2C. The second-order valence-corrected chi connectivity index (χ2v) is 5.60. The fraction of sp³-hybridized carbons (Fsp3) is 0.375. The summed E-state index contributed by atoms with van der Waals surface area (Å²) < 4.78 is 0. The topological polar surface area (TPSA) is 32.3 Å². The molecule has 0 aliphatic carbocycles. The molecule has 1 unspecified atom stereocenters. The van der Waals surface area contributed by atoms with Gasteiger partial charge in [0.15, 0.2) is 11.6 Å². The summed E-state index contributed by atoms with van der Waals surface area (Å²) >= 11 is 0. The Morgan fingerprint density at radius 1 is 1.00 bits per heavy atom. The Morgan fingerprint density at radius 2 is 1.65 bits per heavy atom. The molecular weight excluding hydrogens is 248 g/mol. The second-order valence-electron chi connectivity index (χ2n) is 5.60. The second kappa shape index (κ2) is 4.78. The molecule has 0 saturated heterocycles. The monoisotopic (exact) mass is 268 g/mol. The molecule has 3 rings (SSSR count). The fourth-order valence-electron chi connectivity index (χ4n) is 2.71. The van der Waals surface area contributed by atoms with Gasteiger partial charge in [-0.2, -0.15) is 0 Å². The molecule has 0 N–H and O–H groups in total. The van der Waals surface area contributed by atoms with E-state index in [0.29, 0.717) is 5.92 Å². The third-order valence-electron chi connectivity index (χ3n) is 3.85. The van der Waals surface area contributed by atoms with Crippen LogP contribution >= 0.6 is 0 Å². The highest BCUT2D eigenvalue weighted by atomic mass is 15.4. The average Bonchev–Trinajstić information content (AvgIpc) is 2.71. The zero-order chi connectivity index (χ0) is 14.3. The predicted molar refractivity (Wildman–Crippen MR) is 82.1 cm³/mol. The van der Waals surface area contributed by atoms with Gasteiger partial charge < -0.3 is 9.80 Å². The molecule has 2 aromatic rings. The lowest BCUT2D eigenvalue weighted by Crippen LogP contribution is -2.30. The molecule has 0 amide bonds. The summed E-state index contributed by atoms with van der Waals surface area (Å²) in [7, 11) is 4.16. The minimum absolute atomic E-state index is 0.161. The Bertz CT molecular complexity index is 609. The summed E-state index contributed by atoms with van der Waals surface area (Å²) in [5.74, 6) is 2.31. The maximum atomic E-state index is 4.78. The highest BCUT2D eigenvalue weighted by Crippen LogP contribution is 2.41. The molecule has 1 aromatic heterocycles. The summed E-state index contributed by atoms with van der Waals surface area (Å²) in [5.41, 5.74) is 2.29. The van der Waals surface area contributed by atoms with Gasteiger partial charge in [-0.3, -0.25) is 0 Å². The molecule has 2 heterocycles. The van der Waals surface area contributed by atoms with Crippen molar-refractivity contribution in [1.29, 1.82) is 0 Å². The van der Waals surface area contributed by atoms with E-state index in [-0.39, 0.29) is 6.17 Å². The molecular formula is C16H20N4. The molecule has 0 bridgehead atoms. The van der Waals surface area contributed by atoms with Crippen LogP contribution in [0.1, 0.15) is 37.2 Å². The van der Waals surface area contributed by atoms with Gasteiger partial charge in [-0.05, 0) is 11.5 Å². The third-order valence-corrected chi connectivity index (χ3v) is 3.85. The number of rotatable bonds is 2. The maximum Gasteiger partial charge on any atom is 0.173 e. The van der Waals surface area contributed by atoms with Gasteiger partial charge in [0, 0.05) is 14.1 Å². The van der Waals surface area contributed by atoms with Crippen LogP contribution in [0.3, 0.4) is 0 Å². The molecule has 4 nitrogen and oxygen atoms in total. The highest BCUT2D eigenvalue weighted by Gasteiger charge is 2.34. The van der Waals surface area contributed by atoms with Gasteiger partial charge in [-0.1, -0.05) is 44.2 Å². The van der Waals surface area contributed by atoms with E-state index in [1.54, 1.807) is 0 Å². The lowest BCUT2D eigenvalue weighted by atomic mass is 10.1. The van der Waals surface area contributed by atoms with Gasteiger partial charge in [0.2, 0.25) is 0 Å². The number of benzene rings is 1. The lowest BCUT2D eigenvalue weighted by Gasteiger charge is -2.27. The Morgan fingerprint density at radius 3 is 2.30 bits per heavy atom. The molecule has 1 aromatic carbocycles. The summed E-state index contributed by atoms with van der Waals surface area (Å²) in [6.45, 7) is 4.29. The van der Waals surface area contributed by atoms with Crippen molar-refractivity contribution in [2.45, 2.75) is 25.9 Å². The van der Waals surface area contributed by atoms with E-state index in [0.717, 1.165) is 17.3 Å². The summed E-state index contributed by atoms with van der Waals surface area (Å²) in [6, 6.07) is 10.5. The first-order valence-corrected chi connectivity index (χ1v) is 6.97. The van der Waals surface area contributed by atoms with Crippen LogP contribution in [0.2, 0.25) is 0 Å². The largest absolute Gasteiger partial charge is 0.332 e. The van der Waals surface area contributed by atoms with Gasteiger partial charge in [0.05, 0.1) is 11.9 Å². The number of hydrogen-bond donors (Lipinski definition) is 0. The standard InChI is InChI=1S/C16H20N4/c1-11(2)13-10-17-14-15(18-13)20(4)16(19(14)3)12-8-6-5-7-9-12/h5-11,16H,1-4H3. The first-order valence-electron chi connectivity index (χ1n) is 6.97. The van der Waals surface area contributed by atoms with Crippen molar-refractivity contribution in [2.24, 2.45) is 0 Å².